The fourth-order valence-corrected chi connectivity index (χ4v) is 8.28. The molecule has 6 heteroatoms. The molecule has 0 aliphatic heterocycles. The number of rotatable bonds is 50. The lowest BCUT2D eigenvalue weighted by Gasteiger charge is -2.22. The summed E-state index contributed by atoms with van der Waals surface area (Å²) in [6.45, 7) is 4.91. The molecule has 0 spiro atoms. The van der Waals surface area contributed by atoms with Gasteiger partial charge in [-0.1, -0.05) is 224 Å². The number of allylic oxidation sites excluding steroid dienone is 4. The summed E-state index contributed by atoms with van der Waals surface area (Å²) < 4.78 is 5.45. The fraction of sp³-hybridized carbons (Fsp3) is 0.891. The minimum Gasteiger partial charge on any atom is -0.466 e. The third kappa shape index (κ3) is 47.7. The van der Waals surface area contributed by atoms with Crippen LogP contribution in [0.1, 0.15) is 290 Å². The van der Waals surface area contributed by atoms with Crippen molar-refractivity contribution < 1.29 is 24.5 Å². The monoisotopic (exact) mass is 860 g/mol. The van der Waals surface area contributed by atoms with Gasteiger partial charge in [-0.25, -0.2) is 0 Å². The molecule has 0 rings (SSSR count). The third-order valence-corrected chi connectivity index (χ3v) is 12.5. The van der Waals surface area contributed by atoms with Crippen LogP contribution in [-0.4, -0.2) is 47.4 Å². The number of aliphatic hydroxyl groups is 2. The van der Waals surface area contributed by atoms with E-state index >= 15 is 0 Å². The van der Waals surface area contributed by atoms with E-state index in [4.69, 9.17) is 4.74 Å². The first-order valence-corrected chi connectivity index (χ1v) is 27.1. The predicted molar refractivity (Wildman–Crippen MR) is 264 cm³/mol. The van der Waals surface area contributed by atoms with Gasteiger partial charge in [0.2, 0.25) is 5.91 Å². The molecule has 0 aromatic rings. The van der Waals surface area contributed by atoms with Gasteiger partial charge in [0.25, 0.3) is 0 Å². The molecular formula is C55H105NO5. The van der Waals surface area contributed by atoms with Gasteiger partial charge in [-0.2, -0.15) is 0 Å². The number of amides is 1. The number of aliphatic hydroxyl groups excluding tert-OH is 2. The summed E-state index contributed by atoms with van der Waals surface area (Å²) in [6, 6.07) is -0.551. The molecule has 0 heterocycles. The maximum Gasteiger partial charge on any atom is 0.305 e. The normalized spacial score (nSPS) is 12.8. The van der Waals surface area contributed by atoms with Crippen LogP contribution >= 0.6 is 0 Å². The van der Waals surface area contributed by atoms with Crippen molar-refractivity contribution in [2.75, 3.05) is 13.2 Å². The van der Waals surface area contributed by atoms with Crippen molar-refractivity contribution in [2.45, 2.75) is 302 Å². The molecule has 0 saturated heterocycles. The van der Waals surface area contributed by atoms with Crippen LogP contribution in [0.25, 0.3) is 0 Å². The van der Waals surface area contributed by atoms with Crippen molar-refractivity contribution in [1.82, 2.24) is 5.32 Å². The SMILES string of the molecule is CCCCC/C=C\CCCCCCCC(=O)OCCCCCCCCCCC/C=C\CCCCCCCC(=O)NC(CO)C(O)CCCCCCCCCCCCCCCC. The summed E-state index contributed by atoms with van der Waals surface area (Å²) in [7, 11) is 0. The van der Waals surface area contributed by atoms with Crippen molar-refractivity contribution in [3.8, 4) is 0 Å². The van der Waals surface area contributed by atoms with E-state index in [1.54, 1.807) is 0 Å². The van der Waals surface area contributed by atoms with Gasteiger partial charge in [0.15, 0.2) is 0 Å². The second-order valence-corrected chi connectivity index (χ2v) is 18.6. The zero-order valence-electron chi connectivity index (χ0n) is 40.9. The maximum atomic E-state index is 12.4. The molecule has 360 valence electrons. The third-order valence-electron chi connectivity index (χ3n) is 12.5. The lowest BCUT2D eigenvalue weighted by molar-refractivity contribution is -0.143. The Bertz CT molecular complexity index is 951. The molecule has 0 aromatic carbocycles. The average Bonchev–Trinajstić information content (AvgIpc) is 3.26. The largest absolute Gasteiger partial charge is 0.466 e. The molecule has 0 aliphatic carbocycles. The molecule has 0 radical (unpaired) electrons. The Balaban J connectivity index is 3.46. The number of hydrogen-bond acceptors (Lipinski definition) is 5. The van der Waals surface area contributed by atoms with Gasteiger partial charge in [0, 0.05) is 12.8 Å². The van der Waals surface area contributed by atoms with Crippen LogP contribution < -0.4 is 5.32 Å². The Kier molecular flexibility index (Phi) is 49.6. The molecule has 0 bridgehead atoms. The molecule has 1 amide bonds. The van der Waals surface area contributed by atoms with Gasteiger partial charge in [-0.15, -0.1) is 0 Å². The van der Waals surface area contributed by atoms with E-state index in [1.807, 2.05) is 0 Å². The quantitative estimate of drug-likeness (QED) is 0.0322. The van der Waals surface area contributed by atoms with Gasteiger partial charge < -0.3 is 20.3 Å². The van der Waals surface area contributed by atoms with Crippen LogP contribution in [0.15, 0.2) is 24.3 Å². The molecule has 2 atom stereocenters. The van der Waals surface area contributed by atoms with Crippen LogP contribution in [0.2, 0.25) is 0 Å². The molecule has 0 saturated carbocycles. The Morgan fingerprint density at radius 3 is 1.20 bits per heavy atom. The summed E-state index contributed by atoms with van der Waals surface area (Å²) >= 11 is 0. The highest BCUT2D eigenvalue weighted by atomic mass is 16.5. The van der Waals surface area contributed by atoms with Crippen LogP contribution in [0, 0.1) is 0 Å². The first-order chi connectivity index (χ1) is 30.0. The van der Waals surface area contributed by atoms with Crippen LogP contribution in [0.4, 0.5) is 0 Å². The number of carbonyl (C=O) groups excluding carboxylic acids is 2. The van der Waals surface area contributed by atoms with Gasteiger partial charge in [0.05, 0.1) is 25.4 Å². The number of nitrogens with one attached hydrogen (secondary N) is 1. The number of hydrogen-bond donors (Lipinski definition) is 3. The number of unbranched alkanes of at least 4 members (excludes halogenated alkanes) is 35. The number of carbonyl (C=O) groups is 2. The minimum atomic E-state index is -0.672. The molecule has 2 unspecified atom stereocenters. The molecule has 0 aliphatic rings. The summed E-state index contributed by atoms with van der Waals surface area (Å²) in [5, 5.41) is 23.2. The van der Waals surface area contributed by atoms with E-state index in [0.717, 1.165) is 57.8 Å². The molecule has 61 heavy (non-hydrogen) atoms. The number of esters is 1. The van der Waals surface area contributed by atoms with E-state index in [0.29, 0.717) is 25.9 Å². The van der Waals surface area contributed by atoms with Gasteiger partial charge in [-0.05, 0) is 77.0 Å². The lowest BCUT2D eigenvalue weighted by atomic mass is 10.0. The zero-order valence-corrected chi connectivity index (χ0v) is 40.9. The van der Waals surface area contributed by atoms with Gasteiger partial charge in [0.1, 0.15) is 0 Å². The first-order valence-electron chi connectivity index (χ1n) is 27.1. The molecule has 6 nitrogen and oxygen atoms in total. The fourth-order valence-electron chi connectivity index (χ4n) is 8.28. The van der Waals surface area contributed by atoms with Crippen molar-refractivity contribution >= 4 is 11.9 Å². The summed E-state index contributed by atoms with van der Waals surface area (Å²) in [5.41, 5.74) is 0. The zero-order chi connectivity index (χ0) is 44.4. The summed E-state index contributed by atoms with van der Waals surface area (Å²) in [4.78, 5) is 24.4. The lowest BCUT2D eigenvalue weighted by Crippen LogP contribution is -2.45. The standard InChI is InChI=1S/C55H105NO5/c1-3-5-7-9-11-13-15-17-24-27-31-35-39-43-47-53(58)52(51-57)56-54(59)48-44-40-36-32-28-25-22-20-18-19-21-23-26-30-34-38-42-46-50-61-55(60)49-45-41-37-33-29-16-14-12-10-8-6-4-2/h12,14,20,22,52-53,57-58H,3-11,13,15-19,21,23-51H2,1-2H3,(H,56,59)/b14-12-,22-20-. The predicted octanol–water partition coefficient (Wildman–Crippen LogP) is 16.3. The van der Waals surface area contributed by atoms with Crippen LogP contribution in [0.5, 0.6) is 0 Å². The maximum absolute atomic E-state index is 12.4. The van der Waals surface area contributed by atoms with E-state index < -0.39 is 12.1 Å². The van der Waals surface area contributed by atoms with E-state index in [2.05, 4.69) is 43.5 Å². The highest BCUT2D eigenvalue weighted by Gasteiger charge is 2.20. The Morgan fingerprint density at radius 1 is 0.443 bits per heavy atom. The second-order valence-electron chi connectivity index (χ2n) is 18.6. The highest BCUT2D eigenvalue weighted by Crippen LogP contribution is 2.16. The van der Waals surface area contributed by atoms with Crippen molar-refractivity contribution in [3.05, 3.63) is 24.3 Å². The topological polar surface area (TPSA) is 95.9 Å². The van der Waals surface area contributed by atoms with Crippen molar-refractivity contribution in [3.63, 3.8) is 0 Å². The second kappa shape index (κ2) is 51.0. The van der Waals surface area contributed by atoms with Crippen molar-refractivity contribution in [2.24, 2.45) is 0 Å². The number of ether oxygens (including phenoxy) is 1. The van der Waals surface area contributed by atoms with E-state index in [-0.39, 0.29) is 18.5 Å². The average molecular weight is 860 g/mol. The smallest absolute Gasteiger partial charge is 0.305 e. The first kappa shape index (κ1) is 59.3. The molecule has 0 fully saturated rings. The molecular weight excluding hydrogens is 755 g/mol. The Hall–Kier alpha value is -1.66. The van der Waals surface area contributed by atoms with Gasteiger partial charge in [-0.3, -0.25) is 9.59 Å². The summed E-state index contributed by atoms with van der Waals surface area (Å²) in [6.07, 6.45) is 60.1. The van der Waals surface area contributed by atoms with Crippen LogP contribution in [-0.2, 0) is 14.3 Å². The van der Waals surface area contributed by atoms with Crippen molar-refractivity contribution in [1.29, 1.82) is 0 Å². The van der Waals surface area contributed by atoms with Gasteiger partial charge >= 0.3 is 5.97 Å². The summed E-state index contributed by atoms with van der Waals surface area (Å²) in [5.74, 6) is -0.0563. The van der Waals surface area contributed by atoms with E-state index in [9.17, 15) is 19.8 Å². The molecule has 0 aromatic heterocycles. The minimum absolute atomic E-state index is 0.00725. The van der Waals surface area contributed by atoms with Crippen LogP contribution in [0.3, 0.4) is 0 Å². The van der Waals surface area contributed by atoms with E-state index in [1.165, 1.54) is 199 Å². The Labute approximate surface area is 380 Å². The Morgan fingerprint density at radius 2 is 0.770 bits per heavy atom. The highest BCUT2D eigenvalue weighted by molar-refractivity contribution is 5.76. The molecule has 3 N–H and O–H groups in total.